The molecule has 8 heteroatoms. The Morgan fingerprint density at radius 2 is 2.11 bits per heavy atom. The van der Waals surface area contributed by atoms with Crippen LogP contribution in [0.4, 0.5) is 5.69 Å². The number of nitrogens with one attached hydrogen (secondary N) is 1. The average Bonchev–Trinajstić information content (AvgIpc) is 2.34. The van der Waals surface area contributed by atoms with E-state index in [4.69, 9.17) is 10.2 Å². The molecule has 0 unspecified atom stereocenters. The zero-order chi connectivity index (χ0) is 14.6. The third-order valence-electron chi connectivity index (χ3n) is 2.41. The van der Waals surface area contributed by atoms with Crippen LogP contribution in [0, 0.1) is 17.0 Å². The lowest BCUT2D eigenvalue weighted by atomic mass is 10.1. The molecule has 0 fully saturated rings. The van der Waals surface area contributed by atoms with E-state index >= 15 is 0 Å². The van der Waals surface area contributed by atoms with Crippen molar-refractivity contribution in [3.8, 4) is 0 Å². The molecule has 0 aromatic heterocycles. The number of carbonyl (C=O) groups excluding carboxylic acids is 1. The molecule has 1 atom stereocenters. The number of carboxylic acids is 1. The fraction of sp³-hybridized carbons (Fsp3) is 0.273. The van der Waals surface area contributed by atoms with Crippen molar-refractivity contribution < 1.29 is 24.7 Å². The molecule has 0 radical (unpaired) electrons. The molecule has 8 nitrogen and oxygen atoms in total. The van der Waals surface area contributed by atoms with Gasteiger partial charge in [-0.3, -0.25) is 14.9 Å². The second-order valence-corrected chi connectivity index (χ2v) is 3.79. The van der Waals surface area contributed by atoms with E-state index in [0.29, 0.717) is 5.56 Å². The molecule has 0 aliphatic carbocycles. The number of aryl methyl sites for hydroxylation is 1. The predicted octanol–water partition coefficient (Wildman–Crippen LogP) is 0.0785. The number of nitro benzene ring substituents is 1. The molecule has 0 aliphatic rings. The van der Waals surface area contributed by atoms with Crippen LogP contribution in [0.5, 0.6) is 0 Å². The van der Waals surface area contributed by atoms with Gasteiger partial charge in [-0.25, -0.2) is 4.79 Å². The maximum atomic E-state index is 11.7. The van der Waals surface area contributed by atoms with E-state index in [1.54, 1.807) is 0 Å². The summed E-state index contributed by atoms with van der Waals surface area (Å²) in [6, 6.07) is 4.22. The van der Waals surface area contributed by atoms with E-state index in [2.05, 4.69) is 5.32 Å². The van der Waals surface area contributed by atoms with E-state index in [9.17, 15) is 19.7 Å². The first kappa shape index (κ1) is 14.6. The number of nitro groups is 1. The third-order valence-corrected chi connectivity index (χ3v) is 2.41. The summed E-state index contributed by atoms with van der Waals surface area (Å²) >= 11 is 0. The summed E-state index contributed by atoms with van der Waals surface area (Å²) in [5.41, 5.74) is -0.205. The van der Waals surface area contributed by atoms with Gasteiger partial charge >= 0.3 is 5.97 Å². The van der Waals surface area contributed by atoms with Gasteiger partial charge in [0.25, 0.3) is 11.6 Å². The van der Waals surface area contributed by atoms with Crippen molar-refractivity contribution >= 4 is 17.6 Å². The summed E-state index contributed by atoms with van der Waals surface area (Å²) < 4.78 is 0. The molecule has 1 rings (SSSR count). The molecule has 1 amide bonds. The van der Waals surface area contributed by atoms with Crippen LogP contribution in [0.2, 0.25) is 0 Å². The van der Waals surface area contributed by atoms with Gasteiger partial charge in [-0.1, -0.05) is 12.1 Å². The van der Waals surface area contributed by atoms with Crippen LogP contribution < -0.4 is 5.32 Å². The monoisotopic (exact) mass is 268 g/mol. The number of hydrogen-bond acceptors (Lipinski definition) is 5. The van der Waals surface area contributed by atoms with Crippen molar-refractivity contribution in [3.05, 3.63) is 39.4 Å². The number of aliphatic hydroxyl groups is 1. The maximum absolute atomic E-state index is 11.7. The van der Waals surface area contributed by atoms with E-state index in [1.165, 1.54) is 25.1 Å². The highest BCUT2D eigenvalue weighted by molar-refractivity contribution is 5.98. The number of hydrogen-bond donors (Lipinski definition) is 3. The van der Waals surface area contributed by atoms with Gasteiger partial charge in [0, 0.05) is 5.56 Å². The Balaban J connectivity index is 2.92. The third kappa shape index (κ3) is 3.49. The highest BCUT2D eigenvalue weighted by Gasteiger charge is 2.23. The van der Waals surface area contributed by atoms with Gasteiger partial charge in [-0.05, 0) is 13.0 Å². The summed E-state index contributed by atoms with van der Waals surface area (Å²) in [4.78, 5) is 32.3. The largest absolute Gasteiger partial charge is 0.479 e. The Kier molecular flexibility index (Phi) is 4.54. The van der Waals surface area contributed by atoms with Crippen molar-refractivity contribution in [2.75, 3.05) is 6.54 Å². The number of benzene rings is 1. The standard InChI is InChI=1S/C11H12N2O6/c1-6-3-2-4-7(9(6)13(18)19)10(15)12-5-8(14)11(16)17/h2-4,8,14H,5H2,1H3,(H,12,15)(H,16,17)/t8-/m0/s1. The first-order chi connectivity index (χ1) is 8.84. The van der Waals surface area contributed by atoms with Crippen molar-refractivity contribution in [2.45, 2.75) is 13.0 Å². The van der Waals surface area contributed by atoms with E-state index in [1.807, 2.05) is 0 Å². The number of carboxylic acid groups (broad SMARTS) is 1. The summed E-state index contributed by atoms with van der Waals surface area (Å²) in [5, 5.41) is 30.5. The van der Waals surface area contributed by atoms with Gasteiger partial charge in [0.1, 0.15) is 5.56 Å². The van der Waals surface area contributed by atoms with Gasteiger partial charge in [0.15, 0.2) is 6.10 Å². The van der Waals surface area contributed by atoms with Crippen LogP contribution in [0.25, 0.3) is 0 Å². The normalized spacial score (nSPS) is 11.7. The van der Waals surface area contributed by atoms with Crippen LogP contribution in [-0.2, 0) is 4.79 Å². The van der Waals surface area contributed by atoms with Gasteiger partial charge in [-0.2, -0.15) is 0 Å². The van der Waals surface area contributed by atoms with Gasteiger partial charge in [0.2, 0.25) is 0 Å². The predicted molar refractivity (Wildman–Crippen MR) is 63.8 cm³/mol. The van der Waals surface area contributed by atoms with Crippen LogP contribution in [0.1, 0.15) is 15.9 Å². The molecular weight excluding hydrogens is 256 g/mol. The molecule has 0 bridgehead atoms. The molecule has 0 saturated carbocycles. The number of carbonyl (C=O) groups is 2. The van der Waals surface area contributed by atoms with E-state index < -0.39 is 29.4 Å². The molecule has 102 valence electrons. The number of amides is 1. The second kappa shape index (κ2) is 5.91. The Bertz CT molecular complexity index is 528. The minimum absolute atomic E-state index is 0.178. The lowest BCUT2D eigenvalue weighted by molar-refractivity contribution is -0.385. The average molecular weight is 268 g/mol. The zero-order valence-electron chi connectivity index (χ0n) is 9.99. The van der Waals surface area contributed by atoms with Crippen LogP contribution >= 0.6 is 0 Å². The summed E-state index contributed by atoms with van der Waals surface area (Å²) in [7, 11) is 0. The zero-order valence-corrected chi connectivity index (χ0v) is 9.99. The minimum atomic E-state index is -1.76. The van der Waals surface area contributed by atoms with E-state index in [0.717, 1.165) is 0 Å². The Morgan fingerprint density at radius 3 is 2.63 bits per heavy atom. The number of aliphatic hydroxyl groups excluding tert-OH is 1. The lowest BCUT2D eigenvalue weighted by Gasteiger charge is -2.08. The lowest BCUT2D eigenvalue weighted by Crippen LogP contribution is -2.36. The quantitative estimate of drug-likeness (QED) is 0.512. The van der Waals surface area contributed by atoms with Crippen LogP contribution in [0.15, 0.2) is 18.2 Å². The van der Waals surface area contributed by atoms with Gasteiger partial charge in [-0.15, -0.1) is 0 Å². The smallest absolute Gasteiger partial charge is 0.334 e. The van der Waals surface area contributed by atoms with Crippen LogP contribution in [0.3, 0.4) is 0 Å². The minimum Gasteiger partial charge on any atom is -0.479 e. The Morgan fingerprint density at radius 1 is 1.47 bits per heavy atom. The highest BCUT2D eigenvalue weighted by atomic mass is 16.6. The van der Waals surface area contributed by atoms with Crippen molar-refractivity contribution in [1.29, 1.82) is 0 Å². The molecule has 0 heterocycles. The van der Waals surface area contributed by atoms with E-state index in [-0.39, 0.29) is 11.3 Å². The molecule has 19 heavy (non-hydrogen) atoms. The first-order valence-electron chi connectivity index (χ1n) is 5.27. The van der Waals surface area contributed by atoms with Gasteiger partial charge in [0.05, 0.1) is 11.5 Å². The molecule has 1 aromatic carbocycles. The number of rotatable bonds is 5. The van der Waals surface area contributed by atoms with Gasteiger partial charge < -0.3 is 15.5 Å². The topological polar surface area (TPSA) is 130 Å². The molecule has 0 spiro atoms. The Hall–Kier alpha value is -2.48. The molecule has 1 aromatic rings. The summed E-state index contributed by atoms with van der Waals surface area (Å²) in [5.74, 6) is -2.30. The number of nitrogens with zero attached hydrogens (tertiary/aromatic N) is 1. The molecule has 0 aliphatic heterocycles. The molecule has 3 N–H and O–H groups in total. The fourth-order valence-corrected chi connectivity index (χ4v) is 1.46. The molecular formula is C11H12N2O6. The maximum Gasteiger partial charge on any atom is 0.334 e. The van der Waals surface area contributed by atoms with Crippen molar-refractivity contribution in [2.24, 2.45) is 0 Å². The first-order valence-corrected chi connectivity index (χ1v) is 5.27. The number of aliphatic carboxylic acids is 1. The second-order valence-electron chi connectivity index (χ2n) is 3.79. The SMILES string of the molecule is Cc1cccc(C(=O)NC[C@H](O)C(=O)O)c1[N+](=O)[O-]. The molecule has 0 saturated heterocycles. The summed E-state index contributed by atoms with van der Waals surface area (Å²) in [6.07, 6.45) is -1.76. The van der Waals surface area contributed by atoms with Crippen LogP contribution in [-0.4, -0.2) is 39.7 Å². The Labute approximate surface area is 107 Å². The summed E-state index contributed by atoms with van der Waals surface area (Å²) in [6.45, 7) is 0.959. The number of para-hydroxylation sites is 1. The fourth-order valence-electron chi connectivity index (χ4n) is 1.46. The van der Waals surface area contributed by atoms with Crippen molar-refractivity contribution in [1.82, 2.24) is 5.32 Å². The van der Waals surface area contributed by atoms with Crippen molar-refractivity contribution in [3.63, 3.8) is 0 Å². The highest BCUT2D eigenvalue weighted by Crippen LogP contribution is 2.22.